The molecular weight excluding hydrogens is 224 g/mol. The molecule has 1 unspecified atom stereocenters. The van der Waals surface area contributed by atoms with Gasteiger partial charge in [0.25, 0.3) is 0 Å². The van der Waals surface area contributed by atoms with Gasteiger partial charge in [0.15, 0.2) is 0 Å². The van der Waals surface area contributed by atoms with Crippen molar-refractivity contribution >= 4 is 5.69 Å². The van der Waals surface area contributed by atoms with E-state index in [0.717, 1.165) is 25.1 Å². The Hall–Kier alpha value is -1.53. The maximum absolute atomic E-state index is 9.07. The highest BCUT2D eigenvalue weighted by atomic mass is 16.3. The molecule has 0 saturated carbocycles. The Balaban J connectivity index is 2.24. The minimum Gasteiger partial charge on any atom is -0.396 e. The van der Waals surface area contributed by atoms with Crippen molar-refractivity contribution in [2.24, 2.45) is 5.92 Å². The largest absolute Gasteiger partial charge is 0.396 e. The van der Waals surface area contributed by atoms with Gasteiger partial charge in [0, 0.05) is 24.4 Å². The van der Waals surface area contributed by atoms with Gasteiger partial charge < -0.3 is 10.0 Å². The Morgan fingerprint density at radius 1 is 1.50 bits per heavy atom. The topological polar surface area (TPSA) is 47.3 Å². The molecule has 1 aliphatic heterocycles. The third-order valence-corrected chi connectivity index (χ3v) is 3.78. The lowest BCUT2D eigenvalue weighted by Gasteiger charge is -2.33. The van der Waals surface area contributed by atoms with E-state index in [1.165, 1.54) is 0 Å². The van der Waals surface area contributed by atoms with Gasteiger partial charge in [-0.3, -0.25) is 0 Å². The number of aliphatic hydroxyl groups excluding tert-OH is 1. The summed E-state index contributed by atoms with van der Waals surface area (Å²) in [6.07, 6.45) is 1.95. The van der Waals surface area contributed by atoms with Gasteiger partial charge in [-0.1, -0.05) is 6.07 Å². The van der Waals surface area contributed by atoms with E-state index in [1.54, 1.807) is 0 Å². The molecule has 0 spiro atoms. The van der Waals surface area contributed by atoms with Crippen molar-refractivity contribution < 1.29 is 5.11 Å². The van der Waals surface area contributed by atoms with Gasteiger partial charge in [0.05, 0.1) is 11.6 Å². The molecule has 0 radical (unpaired) electrons. The zero-order chi connectivity index (χ0) is 13.2. The monoisotopic (exact) mass is 244 g/mol. The van der Waals surface area contributed by atoms with Crippen molar-refractivity contribution in [2.45, 2.75) is 32.2 Å². The van der Waals surface area contributed by atoms with E-state index >= 15 is 0 Å². The quantitative estimate of drug-likeness (QED) is 0.888. The van der Waals surface area contributed by atoms with Crippen LogP contribution in [0.15, 0.2) is 24.3 Å². The van der Waals surface area contributed by atoms with E-state index in [-0.39, 0.29) is 12.1 Å². The molecule has 0 aliphatic carbocycles. The average Bonchev–Trinajstić information content (AvgIpc) is 2.65. The number of aliphatic hydroxyl groups is 1. The molecule has 1 N–H and O–H groups in total. The SMILES string of the molecule is CC1(C)CC(CCO)CN1c1cccc(C#N)c1. The Morgan fingerprint density at radius 2 is 2.28 bits per heavy atom. The highest BCUT2D eigenvalue weighted by molar-refractivity contribution is 5.54. The Labute approximate surface area is 109 Å². The summed E-state index contributed by atoms with van der Waals surface area (Å²) in [5, 5.41) is 18.0. The van der Waals surface area contributed by atoms with Gasteiger partial charge in [0.2, 0.25) is 0 Å². The summed E-state index contributed by atoms with van der Waals surface area (Å²) in [6, 6.07) is 9.96. The smallest absolute Gasteiger partial charge is 0.0992 e. The second-order valence-electron chi connectivity index (χ2n) is 5.67. The molecule has 1 aromatic carbocycles. The molecule has 3 nitrogen and oxygen atoms in total. The number of nitriles is 1. The first-order valence-corrected chi connectivity index (χ1v) is 6.45. The van der Waals surface area contributed by atoms with Crippen LogP contribution in [-0.4, -0.2) is 23.8 Å². The van der Waals surface area contributed by atoms with Crippen molar-refractivity contribution in [3.05, 3.63) is 29.8 Å². The van der Waals surface area contributed by atoms with E-state index < -0.39 is 0 Å². The van der Waals surface area contributed by atoms with Gasteiger partial charge in [-0.05, 0) is 50.8 Å². The number of rotatable bonds is 3. The third-order valence-electron chi connectivity index (χ3n) is 3.78. The number of anilines is 1. The number of benzene rings is 1. The molecule has 1 saturated heterocycles. The first-order valence-electron chi connectivity index (χ1n) is 6.45. The Morgan fingerprint density at radius 3 is 2.94 bits per heavy atom. The predicted octanol–water partition coefficient (Wildman–Crippen LogP) is 2.55. The van der Waals surface area contributed by atoms with E-state index in [0.29, 0.717) is 11.5 Å². The predicted molar refractivity (Wildman–Crippen MR) is 72.4 cm³/mol. The second-order valence-corrected chi connectivity index (χ2v) is 5.67. The maximum atomic E-state index is 9.07. The average molecular weight is 244 g/mol. The molecule has 1 aliphatic rings. The van der Waals surface area contributed by atoms with E-state index in [1.807, 2.05) is 18.2 Å². The zero-order valence-electron chi connectivity index (χ0n) is 11.1. The molecule has 0 bridgehead atoms. The highest BCUT2D eigenvalue weighted by Crippen LogP contribution is 2.38. The molecule has 18 heavy (non-hydrogen) atoms. The highest BCUT2D eigenvalue weighted by Gasteiger charge is 2.37. The lowest BCUT2D eigenvalue weighted by atomic mass is 9.94. The summed E-state index contributed by atoms with van der Waals surface area (Å²) in [5.41, 5.74) is 1.90. The summed E-state index contributed by atoms with van der Waals surface area (Å²) in [7, 11) is 0. The van der Waals surface area contributed by atoms with Crippen molar-refractivity contribution in [3.63, 3.8) is 0 Å². The van der Waals surface area contributed by atoms with Gasteiger partial charge in [-0.2, -0.15) is 5.26 Å². The van der Waals surface area contributed by atoms with Gasteiger partial charge >= 0.3 is 0 Å². The fraction of sp³-hybridized carbons (Fsp3) is 0.533. The van der Waals surface area contributed by atoms with Gasteiger partial charge in [-0.15, -0.1) is 0 Å². The zero-order valence-corrected chi connectivity index (χ0v) is 11.1. The van der Waals surface area contributed by atoms with Gasteiger partial charge in [0.1, 0.15) is 0 Å². The molecule has 3 heteroatoms. The van der Waals surface area contributed by atoms with Crippen LogP contribution in [0, 0.1) is 17.2 Å². The van der Waals surface area contributed by atoms with Gasteiger partial charge in [-0.25, -0.2) is 0 Å². The van der Waals surface area contributed by atoms with Crippen LogP contribution in [-0.2, 0) is 0 Å². The summed E-state index contributed by atoms with van der Waals surface area (Å²) in [5.74, 6) is 0.538. The minimum atomic E-state index is 0.0912. The van der Waals surface area contributed by atoms with Crippen LogP contribution in [0.4, 0.5) is 5.69 Å². The van der Waals surface area contributed by atoms with Crippen LogP contribution in [0.2, 0.25) is 0 Å². The molecule has 0 aromatic heterocycles. The maximum Gasteiger partial charge on any atom is 0.0992 e. The summed E-state index contributed by atoms with van der Waals surface area (Å²) in [6.45, 7) is 5.67. The molecule has 2 rings (SSSR count). The number of nitrogens with zero attached hydrogens (tertiary/aromatic N) is 2. The number of hydrogen-bond acceptors (Lipinski definition) is 3. The first-order chi connectivity index (χ1) is 8.56. The fourth-order valence-electron chi connectivity index (χ4n) is 2.96. The van der Waals surface area contributed by atoms with Crippen molar-refractivity contribution in [3.8, 4) is 6.07 Å². The van der Waals surface area contributed by atoms with Crippen molar-refractivity contribution in [1.82, 2.24) is 0 Å². The lowest BCUT2D eigenvalue weighted by molar-refractivity contribution is 0.259. The molecule has 96 valence electrons. The van der Waals surface area contributed by atoms with E-state index in [4.69, 9.17) is 10.4 Å². The molecule has 1 heterocycles. The molecular formula is C15H20N2O. The summed E-state index contributed by atoms with van der Waals surface area (Å²) >= 11 is 0. The lowest BCUT2D eigenvalue weighted by Crippen LogP contribution is -2.38. The Bertz CT molecular complexity index is 462. The third kappa shape index (κ3) is 2.49. The van der Waals surface area contributed by atoms with E-state index in [2.05, 4.69) is 30.9 Å². The van der Waals surface area contributed by atoms with Crippen molar-refractivity contribution in [2.75, 3.05) is 18.1 Å². The normalized spacial score (nSPS) is 21.9. The Kier molecular flexibility index (Phi) is 3.58. The minimum absolute atomic E-state index is 0.0912. The van der Waals surface area contributed by atoms with Crippen LogP contribution >= 0.6 is 0 Å². The summed E-state index contributed by atoms with van der Waals surface area (Å²) in [4.78, 5) is 2.36. The standard InChI is InChI=1S/C15H20N2O/c1-15(2)9-13(6-7-18)11-17(15)14-5-3-4-12(8-14)10-16/h3-5,8,13,18H,6-7,9,11H2,1-2H3. The second kappa shape index (κ2) is 4.99. The first kappa shape index (κ1) is 12.9. The molecule has 0 amide bonds. The van der Waals surface area contributed by atoms with Crippen molar-refractivity contribution in [1.29, 1.82) is 5.26 Å². The van der Waals surface area contributed by atoms with Crippen LogP contribution < -0.4 is 4.90 Å². The van der Waals surface area contributed by atoms with Crippen LogP contribution in [0.5, 0.6) is 0 Å². The van der Waals surface area contributed by atoms with Crippen LogP contribution in [0.3, 0.4) is 0 Å². The number of hydrogen-bond donors (Lipinski definition) is 1. The molecule has 1 atom stereocenters. The molecule has 1 fully saturated rings. The molecule has 1 aromatic rings. The van der Waals surface area contributed by atoms with E-state index in [9.17, 15) is 0 Å². The summed E-state index contributed by atoms with van der Waals surface area (Å²) < 4.78 is 0. The van der Waals surface area contributed by atoms with Crippen LogP contribution in [0.1, 0.15) is 32.3 Å². The van der Waals surface area contributed by atoms with Crippen LogP contribution in [0.25, 0.3) is 0 Å². The fourth-order valence-corrected chi connectivity index (χ4v) is 2.96.